The van der Waals surface area contributed by atoms with E-state index < -0.39 is 0 Å². The van der Waals surface area contributed by atoms with Gasteiger partial charge in [0.15, 0.2) is 0 Å². The Morgan fingerprint density at radius 3 is 2.71 bits per heavy atom. The molecule has 1 aliphatic rings. The molecule has 1 amide bonds. The molecule has 1 atom stereocenters. The first kappa shape index (κ1) is 16.5. The van der Waals surface area contributed by atoms with Gasteiger partial charge in [-0.1, -0.05) is 36.4 Å². The number of ether oxygens (including phenoxy) is 1. The second-order valence-electron chi connectivity index (χ2n) is 6.17. The smallest absolute Gasteiger partial charge is 0.257 e. The van der Waals surface area contributed by atoms with Crippen molar-refractivity contribution in [3.63, 3.8) is 0 Å². The van der Waals surface area contributed by atoms with Gasteiger partial charge < -0.3 is 14.7 Å². The number of aliphatic hydroxyl groups excluding tert-OH is 1. The Hall–Kier alpha value is -2.33. The van der Waals surface area contributed by atoms with E-state index in [0.717, 1.165) is 24.8 Å². The third-order valence-electron chi connectivity index (χ3n) is 4.59. The fraction of sp³-hybridized carbons (Fsp3) is 0.350. The van der Waals surface area contributed by atoms with Crippen molar-refractivity contribution in [1.82, 2.24) is 4.90 Å². The molecule has 0 aliphatic carbocycles. The van der Waals surface area contributed by atoms with Crippen LogP contribution < -0.4 is 4.74 Å². The number of methoxy groups -OCH3 is 1. The van der Waals surface area contributed by atoms with Crippen LogP contribution in [0.25, 0.3) is 0 Å². The molecular weight excluding hydrogens is 302 g/mol. The largest absolute Gasteiger partial charge is 0.496 e. The fourth-order valence-electron chi connectivity index (χ4n) is 3.31. The number of hydrogen-bond acceptors (Lipinski definition) is 3. The van der Waals surface area contributed by atoms with Gasteiger partial charge in [-0.2, -0.15) is 0 Å². The molecule has 1 saturated heterocycles. The summed E-state index contributed by atoms with van der Waals surface area (Å²) in [6, 6.07) is 15.9. The Bertz CT molecular complexity index is 699. The van der Waals surface area contributed by atoms with Gasteiger partial charge in [-0.05, 0) is 42.5 Å². The number of amides is 1. The molecule has 3 rings (SSSR count). The Morgan fingerprint density at radius 2 is 2.00 bits per heavy atom. The number of carbonyl (C=O) groups is 1. The quantitative estimate of drug-likeness (QED) is 0.919. The van der Waals surface area contributed by atoms with Crippen molar-refractivity contribution in [3.8, 4) is 5.75 Å². The molecule has 0 spiro atoms. The topological polar surface area (TPSA) is 49.8 Å². The second kappa shape index (κ2) is 7.49. The minimum Gasteiger partial charge on any atom is -0.496 e. The number of likely N-dealkylation sites (tertiary alicyclic amines) is 1. The maximum atomic E-state index is 12.9. The van der Waals surface area contributed by atoms with E-state index in [-0.39, 0.29) is 18.6 Å². The zero-order valence-electron chi connectivity index (χ0n) is 13.9. The van der Waals surface area contributed by atoms with Crippen LogP contribution in [0.1, 0.15) is 34.3 Å². The van der Waals surface area contributed by atoms with Crippen molar-refractivity contribution in [2.24, 2.45) is 0 Å². The van der Waals surface area contributed by atoms with Crippen molar-refractivity contribution in [1.29, 1.82) is 0 Å². The van der Waals surface area contributed by atoms with Crippen LogP contribution >= 0.6 is 0 Å². The predicted octanol–water partition coefficient (Wildman–Crippen LogP) is 2.88. The molecule has 2 aromatic rings. The molecule has 1 fully saturated rings. The number of aliphatic hydroxyl groups is 1. The summed E-state index contributed by atoms with van der Waals surface area (Å²) in [6.45, 7) is 0.702. The van der Waals surface area contributed by atoms with E-state index in [4.69, 9.17) is 4.74 Å². The van der Waals surface area contributed by atoms with Gasteiger partial charge in [0.2, 0.25) is 0 Å². The van der Waals surface area contributed by atoms with Crippen LogP contribution in [0.15, 0.2) is 48.5 Å². The highest BCUT2D eigenvalue weighted by Crippen LogP contribution is 2.26. The molecule has 4 nitrogen and oxygen atoms in total. The van der Waals surface area contributed by atoms with Gasteiger partial charge in [-0.3, -0.25) is 4.79 Å². The molecule has 0 aromatic heterocycles. The average Bonchev–Trinajstić information content (AvgIpc) is 3.10. The van der Waals surface area contributed by atoms with Crippen LogP contribution in [0.4, 0.5) is 0 Å². The van der Waals surface area contributed by atoms with Crippen LogP contribution in [0.2, 0.25) is 0 Å². The first-order valence-corrected chi connectivity index (χ1v) is 8.35. The Morgan fingerprint density at radius 1 is 1.21 bits per heavy atom. The maximum Gasteiger partial charge on any atom is 0.257 e. The van der Waals surface area contributed by atoms with E-state index in [2.05, 4.69) is 12.1 Å². The number of nitrogens with zero attached hydrogens (tertiary/aromatic N) is 1. The zero-order chi connectivity index (χ0) is 16.9. The Kier molecular flexibility index (Phi) is 5.16. The second-order valence-corrected chi connectivity index (χ2v) is 6.17. The van der Waals surface area contributed by atoms with Gasteiger partial charge in [0, 0.05) is 6.54 Å². The lowest BCUT2D eigenvalue weighted by molar-refractivity contribution is 0.0674. The summed E-state index contributed by atoms with van der Waals surface area (Å²) in [6.07, 6.45) is 2.56. The number of rotatable bonds is 5. The number of benzene rings is 2. The van der Waals surface area contributed by atoms with Crippen molar-refractivity contribution in [3.05, 3.63) is 65.2 Å². The highest BCUT2D eigenvalue weighted by Gasteiger charge is 2.30. The van der Waals surface area contributed by atoms with Crippen molar-refractivity contribution in [2.75, 3.05) is 20.3 Å². The summed E-state index contributed by atoms with van der Waals surface area (Å²) in [5.74, 6) is 0.527. The third kappa shape index (κ3) is 3.44. The lowest BCUT2D eigenvalue weighted by Crippen LogP contribution is -2.37. The average molecular weight is 325 g/mol. The van der Waals surface area contributed by atoms with Gasteiger partial charge in [-0.15, -0.1) is 0 Å². The summed E-state index contributed by atoms with van der Waals surface area (Å²) in [5.41, 5.74) is 2.85. The van der Waals surface area contributed by atoms with Crippen LogP contribution in [-0.4, -0.2) is 42.2 Å². The summed E-state index contributed by atoms with van der Waals surface area (Å²) in [7, 11) is 1.58. The van der Waals surface area contributed by atoms with Gasteiger partial charge in [0.25, 0.3) is 5.91 Å². The highest BCUT2D eigenvalue weighted by atomic mass is 16.5. The van der Waals surface area contributed by atoms with Gasteiger partial charge in [-0.25, -0.2) is 0 Å². The van der Waals surface area contributed by atoms with E-state index in [1.165, 1.54) is 5.56 Å². The molecule has 0 saturated carbocycles. The Labute approximate surface area is 142 Å². The molecule has 1 N–H and O–H groups in total. The first-order valence-electron chi connectivity index (χ1n) is 8.35. The van der Waals surface area contributed by atoms with E-state index in [9.17, 15) is 9.90 Å². The standard InChI is InChI=1S/C20H23NO3/c1-24-19-10-9-16(12-15-6-3-2-4-7-15)13-18(19)20(23)21-11-5-8-17(21)14-22/h2-4,6-7,9-10,13,17,22H,5,8,11-12,14H2,1H3/t17-/m0/s1. The van der Waals surface area contributed by atoms with Crippen LogP contribution in [0, 0.1) is 0 Å². The molecular formula is C20H23NO3. The summed E-state index contributed by atoms with van der Waals surface area (Å²) < 4.78 is 5.39. The van der Waals surface area contributed by atoms with E-state index in [1.54, 1.807) is 12.0 Å². The monoisotopic (exact) mass is 325 g/mol. The summed E-state index contributed by atoms with van der Waals surface area (Å²) in [4.78, 5) is 14.7. The fourth-order valence-corrected chi connectivity index (χ4v) is 3.31. The molecule has 0 bridgehead atoms. The minimum atomic E-state index is -0.0833. The molecule has 4 heteroatoms. The summed E-state index contributed by atoms with van der Waals surface area (Å²) >= 11 is 0. The zero-order valence-corrected chi connectivity index (χ0v) is 13.9. The third-order valence-corrected chi connectivity index (χ3v) is 4.59. The lowest BCUT2D eigenvalue weighted by atomic mass is 10.0. The van der Waals surface area contributed by atoms with Crippen LogP contribution in [0.5, 0.6) is 5.75 Å². The van der Waals surface area contributed by atoms with Gasteiger partial charge >= 0.3 is 0 Å². The van der Waals surface area contributed by atoms with Crippen molar-refractivity contribution in [2.45, 2.75) is 25.3 Å². The maximum absolute atomic E-state index is 12.9. The van der Waals surface area contributed by atoms with Crippen LogP contribution in [0.3, 0.4) is 0 Å². The molecule has 1 aliphatic heterocycles. The number of carbonyl (C=O) groups excluding carboxylic acids is 1. The molecule has 0 unspecified atom stereocenters. The van der Waals surface area contributed by atoms with Crippen molar-refractivity contribution < 1.29 is 14.6 Å². The van der Waals surface area contributed by atoms with E-state index in [0.29, 0.717) is 17.9 Å². The lowest BCUT2D eigenvalue weighted by Gasteiger charge is -2.24. The van der Waals surface area contributed by atoms with Crippen LogP contribution in [-0.2, 0) is 6.42 Å². The van der Waals surface area contributed by atoms with E-state index >= 15 is 0 Å². The van der Waals surface area contributed by atoms with E-state index in [1.807, 2.05) is 36.4 Å². The normalized spacial score (nSPS) is 17.1. The molecule has 126 valence electrons. The number of hydrogen-bond donors (Lipinski definition) is 1. The summed E-state index contributed by atoms with van der Waals surface area (Å²) in [5, 5.41) is 9.48. The molecule has 24 heavy (non-hydrogen) atoms. The molecule has 0 radical (unpaired) electrons. The SMILES string of the molecule is COc1ccc(Cc2ccccc2)cc1C(=O)N1CCC[C@H]1CO. The molecule has 2 aromatic carbocycles. The highest BCUT2D eigenvalue weighted by molar-refractivity contribution is 5.97. The minimum absolute atomic E-state index is 0.0117. The van der Waals surface area contributed by atoms with Crippen molar-refractivity contribution >= 4 is 5.91 Å². The van der Waals surface area contributed by atoms with Gasteiger partial charge in [0.1, 0.15) is 5.75 Å². The Balaban J connectivity index is 1.88. The predicted molar refractivity (Wildman–Crippen MR) is 93.4 cm³/mol. The molecule has 1 heterocycles. The van der Waals surface area contributed by atoms with Gasteiger partial charge in [0.05, 0.1) is 25.3 Å². The first-order chi connectivity index (χ1) is 11.7.